The lowest BCUT2D eigenvalue weighted by molar-refractivity contribution is -0.123. The molecular weight excluding hydrogens is 312 g/mol. The summed E-state index contributed by atoms with van der Waals surface area (Å²) >= 11 is 1.59. The standard InChI is InChI=1S/C16H20N4O2S/c1-3-20-10(2)11(9-17-20)16(22)18-12-6-7-14(21)19-15(12)13-5-4-8-23-13/h4-5,8-9,12,15H,3,6-7H2,1-2H3,(H,18,22)(H,19,21)/t12-,15-/m1/s1. The smallest absolute Gasteiger partial charge is 0.255 e. The zero-order valence-corrected chi connectivity index (χ0v) is 14.0. The number of nitrogens with zero attached hydrogens (tertiary/aromatic N) is 2. The lowest BCUT2D eigenvalue weighted by Crippen LogP contribution is -2.49. The minimum Gasteiger partial charge on any atom is -0.347 e. The molecule has 0 aromatic carbocycles. The third kappa shape index (κ3) is 3.14. The Bertz CT molecular complexity index is 708. The van der Waals surface area contributed by atoms with Crippen molar-refractivity contribution in [3.05, 3.63) is 39.8 Å². The molecule has 0 aliphatic carbocycles. The van der Waals surface area contributed by atoms with Crippen LogP contribution in [0.25, 0.3) is 0 Å². The zero-order valence-electron chi connectivity index (χ0n) is 13.2. The second kappa shape index (κ2) is 6.54. The van der Waals surface area contributed by atoms with Gasteiger partial charge in [-0.2, -0.15) is 5.10 Å². The SMILES string of the molecule is CCn1ncc(C(=O)N[C@@H]2CCC(=O)N[C@H]2c2cccs2)c1C. The summed E-state index contributed by atoms with van der Waals surface area (Å²) < 4.78 is 1.80. The second-order valence-corrected chi connectivity index (χ2v) is 6.62. The van der Waals surface area contributed by atoms with Crippen LogP contribution in [0.5, 0.6) is 0 Å². The van der Waals surface area contributed by atoms with E-state index >= 15 is 0 Å². The molecule has 0 unspecified atom stereocenters. The maximum Gasteiger partial charge on any atom is 0.255 e. The molecule has 1 aliphatic rings. The molecule has 122 valence electrons. The molecule has 0 saturated carbocycles. The van der Waals surface area contributed by atoms with E-state index in [1.807, 2.05) is 31.4 Å². The molecule has 1 saturated heterocycles. The quantitative estimate of drug-likeness (QED) is 0.899. The van der Waals surface area contributed by atoms with E-state index in [-0.39, 0.29) is 23.9 Å². The molecule has 0 spiro atoms. The van der Waals surface area contributed by atoms with Gasteiger partial charge in [0.15, 0.2) is 0 Å². The molecule has 2 aromatic heterocycles. The highest BCUT2D eigenvalue weighted by atomic mass is 32.1. The number of rotatable bonds is 4. The van der Waals surface area contributed by atoms with Gasteiger partial charge in [0.05, 0.1) is 23.8 Å². The molecule has 7 heteroatoms. The van der Waals surface area contributed by atoms with E-state index in [1.54, 1.807) is 22.2 Å². The molecule has 6 nitrogen and oxygen atoms in total. The fourth-order valence-corrected chi connectivity index (χ4v) is 3.77. The van der Waals surface area contributed by atoms with E-state index in [0.29, 0.717) is 18.4 Å². The predicted molar refractivity (Wildman–Crippen MR) is 88.3 cm³/mol. The Kier molecular flexibility index (Phi) is 4.47. The number of aromatic nitrogens is 2. The molecule has 2 N–H and O–H groups in total. The Morgan fingerprint density at radius 3 is 3.04 bits per heavy atom. The van der Waals surface area contributed by atoms with Gasteiger partial charge in [0.2, 0.25) is 5.91 Å². The van der Waals surface area contributed by atoms with Crippen LogP contribution in [0.3, 0.4) is 0 Å². The van der Waals surface area contributed by atoms with E-state index in [2.05, 4.69) is 15.7 Å². The number of thiophene rings is 1. The van der Waals surface area contributed by atoms with Crippen molar-refractivity contribution >= 4 is 23.2 Å². The molecule has 2 atom stereocenters. The number of amides is 2. The van der Waals surface area contributed by atoms with Gasteiger partial charge in [-0.05, 0) is 31.7 Å². The summed E-state index contributed by atoms with van der Waals surface area (Å²) in [4.78, 5) is 25.4. The third-order valence-electron chi connectivity index (χ3n) is 4.21. The van der Waals surface area contributed by atoms with Crippen LogP contribution in [-0.4, -0.2) is 27.6 Å². The van der Waals surface area contributed by atoms with Crippen molar-refractivity contribution in [3.63, 3.8) is 0 Å². The number of carbonyl (C=O) groups excluding carboxylic acids is 2. The van der Waals surface area contributed by atoms with E-state index in [0.717, 1.165) is 17.1 Å². The van der Waals surface area contributed by atoms with Crippen LogP contribution in [0, 0.1) is 6.92 Å². The summed E-state index contributed by atoms with van der Waals surface area (Å²) in [6.45, 7) is 4.62. The van der Waals surface area contributed by atoms with Gasteiger partial charge in [-0.1, -0.05) is 6.07 Å². The van der Waals surface area contributed by atoms with Crippen molar-refractivity contribution in [1.82, 2.24) is 20.4 Å². The average Bonchev–Trinajstić information content (AvgIpc) is 3.18. The van der Waals surface area contributed by atoms with E-state index in [4.69, 9.17) is 0 Å². The molecule has 3 rings (SSSR count). The summed E-state index contributed by atoms with van der Waals surface area (Å²) in [5.74, 6) is -0.103. The lowest BCUT2D eigenvalue weighted by Gasteiger charge is -2.32. The number of nitrogens with one attached hydrogen (secondary N) is 2. The van der Waals surface area contributed by atoms with Gasteiger partial charge in [0, 0.05) is 23.5 Å². The fraction of sp³-hybridized carbons (Fsp3) is 0.438. The van der Waals surface area contributed by atoms with Crippen LogP contribution < -0.4 is 10.6 Å². The van der Waals surface area contributed by atoms with Crippen LogP contribution in [0.1, 0.15) is 46.7 Å². The normalized spacial score (nSPS) is 21.0. The maximum absolute atomic E-state index is 12.6. The minimum atomic E-state index is -0.165. The van der Waals surface area contributed by atoms with Crippen LogP contribution in [0.15, 0.2) is 23.7 Å². The summed E-state index contributed by atoms with van der Waals surface area (Å²) in [5, 5.41) is 12.3. The first-order chi connectivity index (χ1) is 11.1. The Morgan fingerprint density at radius 1 is 1.57 bits per heavy atom. The van der Waals surface area contributed by atoms with Crippen molar-refractivity contribution in [2.45, 2.75) is 45.3 Å². The Labute approximate surface area is 138 Å². The monoisotopic (exact) mass is 332 g/mol. The van der Waals surface area contributed by atoms with E-state index in [1.165, 1.54) is 0 Å². The van der Waals surface area contributed by atoms with Crippen LogP contribution >= 0.6 is 11.3 Å². The number of aryl methyl sites for hydroxylation is 1. The average molecular weight is 332 g/mol. The molecule has 3 heterocycles. The highest BCUT2D eigenvalue weighted by Crippen LogP contribution is 2.28. The van der Waals surface area contributed by atoms with Gasteiger partial charge >= 0.3 is 0 Å². The van der Waals surface area contributed by atoms with Crippen molar-refractivity contribution in [2.75, 3.05) is 0 Å². The molecule has 2 amide bonds. The highest BCUT2D eigenvalue weighted by molar-refractivity contribution is 7.10. The second-order valence-electron chi connectivity index (χ2n) is 5.64. The first-order valence-electron chi connectivity index (χ1n) is 7.76. The van der Waals surface area contributed by atoms with Crippen LogP contribution in [0.2, 0.25) is 0 Å². The summed E-state index contributed by atoms with van der Waals surface area (Å²) in [7, 11) is 0. The third-order valence-corrected chi connectivity index (χ3v) is 5.17. The van der Waals surface area contributed by atoms with Crippen molar-refractivity contribution in [1.29, 1.82) is 0 Å². The van der Waals surface area contributed by atoms with Gasteiger partial charge in [-0.15, -0.1) is 11.3 Å². The first kappa shape index (κ1) is 15.7. The Morgan fingerprint density at radius 2 is 2.39 bits per heavy atom. The van der Waals surface area contributed by atoms with E-state index < -0.39 is 0 Å². The Balaban J connectivity index is 1.78. The molecule has 1 aliphatic heterocycles. The molecule has 23 heavy (non-hydrogen) atoms. The summed E-state index contributed by atoms with van der Waals surface area (Å²) in [5.41, 5.74) is 1.45. The molecule has 0 radical (unpaired) electrons. The molecule has 0 bridgehead atoms. The number of hydrogen-bond donors (Lipinski definition) is 2. The van der Waals surface area contributed by atoms with Crippen LogP contribution in [0.4, 0.5) is 0 Å². The molecule has 2 aromatic rings. The topological polar surface area (TPSA) is 76.0 Å². The summed E-state index contributed by atoms with van der Waals surface area (Å²) in [6.07, 6.45) is 2.68. The zero-order chi connectivity index (χ0) is 16.4. The first-order valence-corrected chi connectivity index (χ1v) is 8.64. The van der Waals surface area contributed by atoms with Crippen LogP contribution in [-0.2, 0) is 11.3 Å². The van der Waals surface area contributed by atoms with Gasteiger partial charge in [0.1, 0.15) is 0 Å². The lowest BCUT2D eigenvalue weighted by atomic mass is 9.96. The van der Waals surface area contributed by atoms with Crippen molar-refractivity contribution < 1.29 is 9.59 Å². The van der Waals surface area contributed by atoms with Gasteiger partial charge in [-0.3, -0.25) is 14.3 Å². The van der Waals surface area contributed by atoms with Crippen molar-refractivity contribution in [2.24, 2.45) is 0 Å². The number of piperidine rings is 1. The minimum absolute atomic E-state index is 0.0314. The Hall–Kier alpha value is -2.15. The van der Waals surface area contributed by atoms with Gasteiger partial charge in [0.25, 0.3) is 5.91 Å². The highest BCUT2D eigenvalue weighted by Gasteiger charge is 2.32. The number of hydrogen-bond acceptors (Lipinski definition) is 4. The molecule has 1 fully saturated rings. The van der Waals surface area contributed by atoms with Gasteiger partial charge < -0.3 is 10.6 Å². The fourth-order valence-electron chi connectivity index (χ4n) is 2.93. The van der Waals surface area contributed by atoms with E-state index in [9.17, 15) is 9.59 Å². The largest absolute Gasteiger partial charge is 0.347 e. The van der Waals surface area contributed by atoms with Gasteiger partial charge in [-0.25, -0.2) is 0 Å². The molecular formula is C16H20N4O2S. The number of carbonyl (C=O) groups is 2. The maximum atomic E-state index is 12.6. The predicted octanol–water partition coefficient (Wildman–Crippen LogP) is 2.02. The van der Waals surface area contributed by atoms with Crippen molar-refractivity contribution in [3.8, 4) is 0 Å². The summed E-state index contributed by atoms with van der Waals surface area (Å²) in [6, 6.07) is 3.67.